The van der Waals surface area contributed by atoms with Crippen LogP contribution in [0.15, 0.2) is 17.2 Å². The molecule has 1 N–H and O–H groups in total. The van der Waals surface area contributed by atoms with Gasteiger partial charge in [-0.1, -0.05) is 0 Å². The molecule has 0 atom stereocenters. The molecule has 0 radical (unpaired) electrons. The topological polar surface area (TPSA) is 59.1 Å². The molecule has 1 rings (SSSR count). The van der Waals surface area contributed by atoms with Crippen molar-refractivity contribution in [3.8, 4) is 0 Å². The maximum atomic E-state index is 13.4. The van der Waals surface area contributed by atoms with Gasteiger partial charge in [0.15, 0.2) is 5.82 Å². The third-order valence-electron chi connectivity index (χ3n) is 1.65. The minimum Gasteiger partial charge on any atom is -0.238 e. The number of rotatable bonds is 2. The molecule has 6 heteroatoms. The quantitative estimate of drug-likeness (QED) is 0.862. The fraction of sp³-hybridized carbons (Fsp3) is 0.500. The van der Waals surface area contributed by atoms with E-state index in [4.69, 9.17) is 0 Å². The van der Waals surface area contributed by atoms with Crippen molar-refractivity contribution in [2.24, 2.45) is 0 Å². The molecule has 0 amide bonds. The highest BCUT2D eigenvalue weighted by Crippen LogP contribution is 2.14. The van der Waals surface area contributed by atoms with Crippen LogP contribution in [0.2, 0.25) is 0 Å². The fourth-order valence-corrected chi connectivity index (χ4v) is 2.65. The number of nitrogens with zero attached hydrogens (tertiary/aromatic N) is 1. The number of sulfonamides is 1. The molecule has 1 heterocycles. The molecular formula is C10H15FN2O2S. The number of aryl methyl sites for hydroxylation is 1. The van der Waals surface area contributed by atoms with Crippen LogP contribution in [-0.4, -0.2) is 18.9 Å². The van der Waals surface area contributed by atoms with E-state index in [0.29, 0.717) is 5.69 Å². The predicted octanol–water partition coefficient (Wildman–Crippen LogP) is 1.61. The zero-order valence-electron chi connectivity index (χ0n) is 9.70. The Morgan fingerprint density at radius 2 is 1.88 bits per heavy atom. The summed E-state index contributed by atoms with van der Waals surface area (Å²) in [6, 6.07) is 2.52. The molecule has 1 aromatic heterocycles. The molecule has 16 heavy (non-hydrogen) atoms. The molecule has 0 bridgehead atoms. The van der Waals surface area contributed by atoms with Gasteiger partial charge in [0.1, 0.15) is 0 Å². The minimum atomic E-state index is -3.91. The third-order valence-corrected chi connectivity index (χ3v) is 3.32. The van der Waals surface area contributed by atoms with Gasteiger partial charge >= 0.3 is 0 Å². The summed E-state index contributed by atoms with van der Waals surface area (Å²) < 4.78 is 39.3. The van der Waals surface area contributed by atoms with Crippen molar-refractivity contribution in [3.05, 3.63) is 23.6 Å². The normalized spacial score (nSPS) is 12.8. The first-order chi connectivity index (χ1) is 7.12. The first-order valence-electron chi connectivity index (χ1n) is 4.79. The lowest BCUT2D eigenvalue weighted by Gasteiger charge is -2.20. The number of halogens is 1. The van der Waals surface area contributed by atoms with Gasteiger partial charge in [0.2, 0.25) is 5.03 Å². The standard InChI is InChI=1S/C10H15FN2O2S/c1-7-5-6-8(11)9(12-7)16(14,15)13-10(2,3)4/h5-6,13H,1-4H3. The van der Waals surface area contributed by atoms with Crippen molar-refractivity contribution in [2.75, 3.05) is 0 Å². The van der Waals surface area contributed by atoms with Crippen molar-refractivity contribution < 1.29 is 12.8 Å². The average Bonchev–Trinajstić information content (AvgIpc) is 2.04. The molecular weight excluding hydrogens is 231 g/mol. The van der Waals surface area contributed by atoms with Gasteiger partial charge in [0.05, 0.1) is 0 Å². The van der Waals surface area contributed by atoms with Crippen LogP contribution >= 0.6 is 0 Å². The highest BCUT2D eigenvalue weighted by atomic mass is 32.2. The Morgan fingerprint density at radius 3 is 2.38 bits per heavy atom. The van der Waals surface area contributed by atoms with E-state index in [-0.39, 0.29) is 0 Å². The molecule has 0 saturated heterocycles. The molecule has 0 fully saturated rings. The third kappa shape index (κ3) is 3.24. The number of pyridine rings is 1. The van der Waals surface area contributed by atoms with Gasteiger partial charge < -0.3 is 0 Å². The Morgan fingerprint density at radius 1 is 1.31 bits per heavy atom. The Labute approximate surface area is 95.0 Å². The largest absolute Gasteiger partial charge is 0.261 e. The van der Waals surface area contributed by atoms with Crippen LogP contribution in [0.4, 0.5) is 4.39 Å². The first kappa shape index (κ1) is 13.1. The van der Waals surface area contributed by atoms with E-state index >= 15 is 0 Å². The number of hydrogen-bond acceptors (Lipinski definition) is 3. The Hall–Kier alpha value is -1.01. The van der Waals surface area contributed by atoms with Gasteiger partial charge in [0.25, 0.3) is 10.0 Å². The van der Waals surface area contributed by atoms with Crippen molar-refractivity contribution in [1.82, 2.24) is 9.71 Å². The smallest absolute Gasteiger partial charge is 0.238 e. The summed E-state index contributed by atoms with van der Waals surface area (Å²) in [5, 5.41) is -0.553. The van der Waals surface area contributed by atoms with Crippen LogP contribution in [0.25, 0.3) is 0 Å². The van der Waals surface area contributed by atoms with Crippen LogP contribution in [0.1, 0.15) is 26.5 Å². The maximum Gasteiger partial charge on any atom is 0.261 e. The maximum absolute atomic E-state index is 13.4. The second kappa shape index (κ2) is 4.10. The van der Waals surface area contributed by atoms with Gasteiger partial charge in [0, 0.05) is 11.2 Å². The summed E-state index contributed by atoms with van der Waals surface area (Å²) in [7, 11) is -3.91. The van der Waals surface area contributed by atoms with E-state index in [9.17, 15) is 12.8 Å². The van der Waals surface area contributed by atoms with E-state index in [1.165, 1.54) is 6.07 Å². The van der Waals surface area contributed by atoms with Gasteiger partial charge in [-0.05, 0) is 39.8 Å². The molecule has 0 aliphatic rings. The Bertz CT molecular complexity index is 492. The zero-order chi connectivity index (χ0) is 12.6. The second-order valence-electron chi connectivity index (χ2n) is 4.60. The fourth-order valence-electron chi connectivity index (χ4n) is 1.16. The highest BCUT2D eigenvalue weighted by molar-refractivity contribution is 7.89. The average molecular weight is 246 g/mol. The predicted molar refractivity (Wildman–Crippen MR) is 59.0 cm³/mol. The van der Waals surface area contributed by atoms with Gasteiger partial charge in [-0.3, -0.25) is 0 Å². The summed E-state index contributed by atoms with van der Waals surface area (Å²) >= 11 is 0. The van der Waals surface area contributed by atoms with Gasteiger partial charge in [-0.25, -0.2) is 22.5 Å². The molecule has 0 aliphatic heterocycles. The molecule has 0 aliphatic carbocycles. The van der Waals surface area contributed by atoms with Crippen molar-refractivity contribution in [3.63, 3.8) is 0 Å². The molecule has 90 valence electrons. The molecule has 0 unspecified atom stereocenters. The van der Waals surface area contributed by atoms with E-state index in [2.05, 4.69) is 9.71 Å². The second-order valence-corrected chi connectivity index (χ2v) is 6.19. The lowest BCUT2D eigenvalue weighted by Crippen LogP contribution is -2.41. The lowest BCUT2D eigenvalue weighted by atomic mass is 10.1. The van der Waals surface area contributed by atoms with Crippen molar-refractivity contribution in [2.45, 2.75) is 38.3 Å². The lowest BCUT2D eigenvalue weighted by molar-refractivity contribution is 0.481. The summed E-state index contributed by atoms with van der Waals surface area (Å²) in [5.74, 6) is -0.845. The summed E-state index contributed by atoms with van der Waals surface area (Å²) in [6.07, 6.45) is 0. The van der Waals surface area contributed by atoms with E-state index in [1.54, 1.807) is 27.7 Å². The van der Waals surface area contributed by atoms with E-state index < -0.39 is 26.4 Å². The number of hydrogen-bond donors (Lipinski definition) is 1. The first-order valence-corrected chi connectivity index (χ1v) is 6.27. The zero-order valence-corrected chi connectivity index (χ0v) is 10.5. The SMILES string of the molecule is Cc1ccc(F)c(S(=O)(=O)NC(C)(C)C)n1. The van der Waals surface area contributed by atoms with Crippen molar-refractivity contribution in [1.29, 1.82) is 0 Å². The number of aromatic nitrogens is 1. The molecule has 0 spiro atoms. The minimum absolute atomic E-state index is 0.454. The van der Waals surface area contributed by atoms with Crippen LogP contribution < -0.4 is 4.72 Å². The molecule has 1 aromatic rings. The Balaban J connectivity index is 3.22. The molecule has 0 saturated carbocycles. The summed E-state index contributed by atoms with van der Waals surface area (Å²) in [6.45, 7) is 6.64. The highest BCUT2D eigenvalue weighted by Gasteiger charge is 2.26. The van der Waals surface area contributed by atoms with E-state index in [1.807, 2.05) is 0 Å². The summed E-state index contributed by atoms with van der Waals surface area (Å²) in [5.41, 5.74) is -0.216. The van der Waals surface area contributed by atoms with Crippen LogP contribution in [0.5, 0.6) is 0 Å². The van der Waals surface area contributed by atoms with Gasteiger partial charge in [-0.2, -0.15) is 0 Å². The monoisotopic (exact) mass is 246 g/mol. The van der Waals surface area contributed by atoms with Crippen LogP contribution in [-0.2, 0) is 10.0 Å². The molecule has 4 nitrogen and oxygen atoms in total. The summed E-state index contributed by atoms with van der Waals surface area (Å²) in [4.78, 5) is 3.70. The van der Waals surface area contributed by atoms with Crippen LogP contribution in [0.3, 0.4) is 0 Å². The van der Waals surface area contributed by atoms with E-state index in [0.717, 1.165) is 6.07 Å². The van der Waals surface area contributed by atoms with Crippen molar-refractivity contribution >= 4 is 10.0 Å². The van der Waals surface area contributed by atoms with Gasteiger partial charge in [-0.15, -0.1) is 0 Å². The van der Waals surface area contributed by atoms with Crippen LogP contribution in [0, 0.1) is 12.7 Å². The number of nitrogens with one attached hydrogen (secondary N) is 1. The molecule has 0 aromatic carbocycles. The Kier molecular flexibility index (Phi) is 3.35.